The third kappa shape index (κ3) is 3.74. The molecule has 2 rings (SSSR count). The van der Waals surface area contributed by atoms with Gasteiger partial charge in [-0.1, -0.05) is 12.1 Å². The number of hydrogen-bond acceptors (Lipinski definition) is 3. The summed E-state index contributed by atoms with van der Waals surface area (Å²) in [7, 11) is 1.84. The number of rotatable bonds is 5. The van der Waals surface area contributed by atoms with Crippen molar-refractivity contribution in [2.45, 2.75) is 24.7 Å². The van der Waals surface area contributed by atoms with Gasteiger partial charge < -0.3 is 10.0 Å². The molecular formula is C15H21NO2S. The van der Waals surface area contributed by atoms with E-state index in [9.17, 15) is 9.90 Å². The fraction of sp³-hybridized carbons (Fsp3) is 0.533. The van der Waals surface area contributed by atoms with E-state index in [1.807, 2.05) is 25.2 Å². The van der Waals surface area contributed by atoms with Gasteiger partial charge in [0.2, 0.25) is 0 Å². The van der Waals surface area contributed by atoms with Gasteiger partial charge in [-0.15, -0.1) is 0 Å². The predicted octanol–water partition coefficient (Wildman–Crippen LogP) is 2.39. The van der Waals surface area contributed by atoms with E-state index in [1.165, 1.54) is 5.56 Å². The number of benzene rings is 1. The van der Waals surface area contributed by atoms with Crippen LogP contribution in [0.25, 0.3) is 0 Å². The molecule has 1 fully saturated rings. The van der Waals surface area contributed by atoms with E-state index in [0.29, 0.717) is 5.92 Å². The molecule has 1 N–H and O–H groups in total. The normalized spacial score (nSPS) is 21.8. The molecule has 4 heteroatoms. The molecule has 0 aromatic heterocycles. The Kier molecular flexibility index (Phi) is 4.88. The third-order valence-corrected chi connectivity index (χ3v) is 4.20. The van der Waals surface area contributed by atoms with E-state index in [4.69, 9.17) is 0 Å². The SMILES string of the molecule is CSCc1cccc(C(=O)N(C)CC2CC(O)C2)c1. The van der Waals surface area contributed by atoms with Gasteiger partial charge in [0.25, 0.3) is 5.91 Å². The minimum Gasteiger partial charge on any atom is -0.393 e. The molecule has 104 valence electrons. The van der Waals surface area contributed by atoms with Crippen molar-refractivity contribution in [3.05, 3.63) is 35.4 Å². The van der Waals surface area contributed by atoms with Crippen molar-refractivity contribution >= 4 is 17.7 Å². The lowest BCUT2D eigenvalue weighted by molar-refractivity contribution is 0.0265. The highest BCUT2D eigenvalue weighted by Gasteiger charge is 2.29. The second-order valence-corrected chi connectivity index (χ2v) is 6.18. The standard InChI is InChI=1S/C15H21NO2S/c1-16(9-12-7-14(17)8-12)15(18)13-5-3-4-11(6-13)10-19-2/h3-6,12,14,17H,7-10H2,1-2H3. The van der Waals surface area contributed by atoms with Gasteiger partial charge in [-0.3, -0.25) is 4.79 Å². The fourth-order valence-corrected chi connectivity index (χ4v) is 3.01. The second kappa shape index (κ2) is 6.44. The highest BCUT2D eigenvalue weighted by atomic mass is 32.2. The molecule has 1 amide bonds. The molecule has 0 heterocycles. The summed E-state index contributed by atoms with van der Waals surface area (Å²) in [5.74, 6) is 1.46. The van der Waals surface area contributed by atoms with Crippen LogP contribution in [0.1, 0.15) is 28.8 Å². The maximum Gasteiger partial charge on any atom is 0.253 e. The van der Waals surface area contributed by atoms with E-state index in [2.05, 4.69) is 12.3 Å². The van der Waals surface area contributed by atoms with Gasteiger partial charge in [-0.25, -0.2) is 0 Å². The molecule has 0 unspecified atom stereocenters. The van der Waals surface area contributed by atoms with Crippen LogP contribution in [-0.4, -0.2) is 41.9 Å². The van der Waals surface area contributed by atoms with Gasteiger partial charge in [0, 0.05) is 24.9 Å². The quantitative estimate of drug-likeness (QED) is 0.899. The molecule has 0 bridgehead atoms. The number of hydrogen-bond donors (Lipinski definition) is 1. The van der Waals surface area contributed by atoms with Crippen LogP contribution in [-0.2, 0) is 5.75 Å². The molecule has 1 aliphatic rings. The number of carbonyl (C=O) groups excluding carboxylic acids is 1. The Bertz CT molecular complexity index is 444. The maximum absolute atomic E-state index is 12.3. The van der Waals surface area contributed by atoms with Crippen LogP contribution in [0.5, 0.6) is 0 Å². The summed E-state index contributed by atoms with van der Waals surface area (Å²) in [6.45, 7) is 0.739. The average molecular weight is 279 g/mol. The molecule has 1 aromatic rings. The third-order valence-electron chi connectivity index (χ3n) is 3.57. The summed E-state index contributed by atoms with van der Waals surface area (Å²) in [5.41, 5.74) is 1.94. The van der Waals surface area contributed by atoms with Gasteiger partial charge in [-0.05, 0) is 42.7 Å². The van der Waals surface area contributed by atoms with Crippen LogP contribution in [0.4, 0.5) is 0 Å². The first-order valence-corrected chi connectivity index (χ1v) is 8.01. The summed E-state index contributed by atoms with van der Waals surface area (Å²) < 4.78 is 0. The van der Waals surface area contributed by atoms with Crippen LogP contribution in [0.15, 0.2) is 24.3 Å². The Hall–Kier alpha value is -1.00. The maximum atomic E-state index is 12.3. The van der Waals surface area contributed by atoms with Gasteiger partial charge in [-0.2, -0.15) is 11.8 Å². The van der Waals surface area contributed by atoms with E-state index in [-0.39, 0.29) is 12.0 Å². The van der Waals surface area contributed by atoms with Crippen LogP contribution in [0.2, 0.25) is 0 Å². The molecule has 0 spiro atoms. The minimum absolute atomic E-state index is 0.0735. The van der Waals surface area contributed by atoms with Crippen molar-refractivity contribution in [3.63, 3.8) is 0 Å². The zero-order valence-electron chi connectivity index (χ0n) is 11.5. The lowest BCUT2D eigenvalue weighted by atomic mass is 9.82. The zero-order valence-corrected chi connectivity index (χ0v) is 12.3. The first-order valence-electron chi connectivity index (χ1n) is 6.61. The Labute approximate surface area is 119 Å². The first kappa shape index (κ1) is 14.4. The molecule has 19 heavy (non-hydrogen) atoms. The summed E-state index contributed by atoms with van der Waals surface area (Å²) >= 11 is 1.75. The fourth-order valence-electron chi connectivity index (χ4n) is 2.50. The molecular weight excluding hydrogens is 258 g/mol. The Balaban J connectivity index is 1.96. The predicted molar refractivity (Wildman–Crippen MR) is 79.4 cm³/mol. The van der Waals surface area contributed by atoms with Gasteiger partial charge in [0.05, 0.1) is 6.10 Å². The monoisotopic (exact) mass is 279 g/mol. The van der Waals surface area contributed by atoms with Crippen molar-refractivity contribution in [2.75, 3.05) is 19.8 Å². The van der Waals surface area contributed by atoms with Crippen molar-refractivity contribution in [3.8, 4) is 0 Å². The van der Waals surface area contributed by atoms with Crippen molar-refractivity contribution in [1.82, 2.24) is 4.90 Å². The molecule has 1 saturated carbocycles. The lowest BCUT2D eigenvalue weighted by Gasteiger charge is -2.34. The highest BCUT2D eigenvalue weighted by Crippen LogP contribution is 2.28. The van der Waals surface area contributed by atoms with Crippen LogP contribution in [0.3, 0.4) is 0 Å². The molecule has 3 nitrogen and oxygen atoms in total. The van der Waals surface area contributed by atoms with E-state index in [0.717, 1.165) is 30.7 Å². The summed E-state index contributed by atoms with van der Waals surface area (Å²) in [5, 5.41) is 9.28. The molecule has 1 aliphatic carbocycles. The number of nitrogens with zero attached hydrogens (tertiary/aromatic N) is 1. The van der Waals surface area contributed by atoms with Crippen molar-refractivity contribution < 1.29 is 9.90 Å². The van der Waals surface area contributed by atoms with E-state index < -0.39 is 0 Å². The van der Waals surface area contributed by atoms with Gasteiger partial charge >= 0.3 is 0 Å². The molecule has 0 atom stereocenters. The molecule has 1 aromatic carbocycles. The zero-order chi connectivity index (χ0) is 13.8. The largest absolute Gasteiger partial charge is 0.393 e. The van der Waals surface area contributed by atoms with Gasteiger partial charge in [0.15, 0.2) is 0 Å². The number of thioether (sulfide) groups is 1. The smallest absolute Gasteiger partial charge is 0.253 e. The topological polar surface area (TPSA) is 40.5 Å². The molecule has 0 saturated heterocycles. The summed E-state index contributed by atoms with van der Waals surface area (Å²) in [6.07, 6.45) is 3.55. The second-order valence-electron chi connectivity index (χ2n) is 5.31. The molecule has 0 radical (unpaired) electrons. The summed E-state index contributed by atoms with van der Waals surface area (Å²) in [6, 6.07) is 7.85. The van der Waals surface area contributed by atoms with Crippen molar-refractivity contribution in [1.29, 1.82) is 0 Å². The Morgan fingerprint density at radius 2 is 2.21 bits per heavy atom. The molecule has 0 aliphatic heterocycles. The van der Waals surface area contributed by atoms with Crippen LogP contribution < -0.4 is 0 Å². The minimum atomic E-state index is -0.154. The highest BCUT2D eigenvalue weighted by molar-refractivity contribution is 7.97. The summed E-state index contributed by atoms with van der Waals surface area (Å²) in [4.78, 5) is 14.1. The Morgan fingerprint density at radius 3 is 2.84 bits per heavy atom. The Morgan fingerprint density at radius 1 is 1.47 bits per heavy atom. The number of aliphatic hydroxyl groups is 1. The van der Waals surface area contributed by atoms with Crippen molar-refractivity contribution in [2.24, 2.45) is 5.92 Å². The average Bonchev–Trinajstić information content (AvgIpc) is 2.36. The first-order chi connectivity index (χ1) is 9.10. The van der Waals surface area contributed by atoms with Gasteiger partial charge in [0.1, 0.15) is 0 Å². The lowest BCUT2D eigenvalue weighted by Crippen LogP contribution is -2.39. The van der Waals surface area contributed by atoms with E-state index in [1.54, 1.807) is 16.7 Å². The number of amides is 1. The van der Waals surface area contributed by atoms with Crippen LogP contribution >= 0.6 is 11.8 Å². The van der Waals surface area contributed by atoms with E-state index >= 15 is 0 Å². The number of carbonyl (C=O) groups is 1. The van der Waals surface area contributed by atoms with Crippen LogP contribution in [0, 0.1) is 5.92 Å². The number of aliphatic hydroxyl groups excluding tert-OH is 1.